The minimum atomic E-state index is 0.432. The topological polar surface area (TPSA) is 29.9 Å². The lowest BCUT2D eigenvalue weighted by atomic mass is 10.0. The second kappa shape index (κ2) is 6.87. The zero-order valence-corrected chi connectivity index (χ0v) is 13.0. The number of likely N-dealkylation sites (N-methyl/N-ethyl adjacent to an activating group) is 1. The van der Waals surface area contributed by atoms with Gasteiger partial charge in [0, 0.05) is 30.2 Å². The normalized spacial score (nSPS) is 12.6. The van der Waals surface area contributed by atoms with E-state index in [1.54, 1.807) is 0 Å². The molecule has 0 amide bonds. The van der Waals surface area contributed by atoms with Gasteiger partial charge in [-0.15, -0.1) is 0 Å². The highest BCUT2D eigenvalue weighted by atomic mass is 79.9. The van der Waals surface area contributed by atoms with Crippen molar-refractivity contribution in [3.05, 3.63) is 52.3 Å². The predicted molar refractivity (Wildman–Crippen MR) is 82.2 cm³/mol. The maximum atomic E-state index is 4.46. The molecule has 0 aliphatic rings. The summed E-state index contributed by atoms with van der Waals surface area (Å²) in [4.78, 5) is 0. The average Bonchev–Trinajstić information content (AvgIpc) is 2.78. The number of nitrogens with one attached hydrogen (secondary N) is 1. The molecule has 0 bridgehead atoms. The molecule has 1 N–H and O–H groups in total. The molecular formula is C15H20BrN3. The fourth-order valence-electron chi connectivity index (χ4n) is 2.23. The Balaban J connectivity index is 2.01. The van der Waals surface area contributed by atoms with Gasteiger partial charge in [0.25, 0.3) is 0 Å². The van der Waals surface area contributed by atoms with Gasteiger partial charge in [0.2, 0.25) is 0 Å². The maximum absolute atomic E-state index is 4.46. The monoisotopic (exact) mass is 321 g/mol. The van der Waals surface area contributed by atoms with Crippen molar-refractivity contribution >= 4 is 15.9 Å². The van der Waals surface area contributed by atoms with E-state index in [0.29, 0.717) is 6.04 Å². The molecule has 1 aromatic carbocycles. The Morgan fingerprint density at radius 3 is 2.53 bits per heavy atom. The Labute approximate surface area is 123 Å². The van der Waals surface area contributed by atoms with Gasteiger partial charge in [0.05, 0.1) is 5.69 Å². The standard InChI is InChI=1S/C15H20BrN3/c1-3-17-15(11-14-8-9-19(2)18-14)10-12-4-6-13(16)7-5-12/h4-9,15,17H,3,10-11H2,1-2H3. The van der Waals surface area contributed by atoms with Crippen LogP contribution in [0.2, 0.25) is 0 Å². The molecule has 102 valence electrons. The van der Waals surface area contributed by atoms with E-state index in [9.17, 15) is 0 Å². The number of hydrogen-bond acceptors (Lipinski definition) is 2. The van der Waals surface area contributed by atoms with Crippen LogP contribution in [0.4, 0.5) is 0 Å². The quantitative estimate of drug-likeness (QED) is 0.886. The Kier molecular flexibility index (Phi) is 5.16. The van der Waals surface area contributed by atoms with Crippen molar-refractivity contribution in [1.29, 1.82) is 0 Å². The van der Waals surface area contributed by atoms with Crippen molar-refractivity contribution in [2.75, 3.05) is 6.54 Å². The summed E-state index contributed by atoms with van der Waals surface area (Å²) in [5.41, 5.74) is 2.50. The number of halogens is 1. The molecule has 0 aliphatic heterocycles. The molecule has 2 rings (SSSR count). The number of aryl methyl sites for hydroxylation is 1. The Hall–Kier alpha value is -1.13. The Morgan fingerprint density at radius 1 is 1.21 bits per heavy atom. The summed E-state index contributed by atoms with van der Waals surface area (Å²) < 4.78 is 2.98. The third kappa shape index (κ3) is 4.48. The number of nitrogens with zero attached hydrogens (tertiary/aromatic N) is 2. The molecular weight excluding hydrogens is 302 g/mol. The molecule has 19 heavy (non-hydrogen) atoms. The molecule has 0 saturated carbocycles. The van der Waals surface area contributed by atoms with Gasteiger partial charge >= 0.3 is 0 Å². The smallest absolute Gasteiger partial charge is 0.0640 e. The van der Waals surface area contributed by atoms with Crippen molar-refractivity contribution in [2.45, 2.75) is 25.8 Å². The van der Waals surface area contributed by atoms with E-state index >= 15 is 0 Å². The molecule has 0 radical (unpaired) electrons. The average molecular weight is 322 g/mol. The van der Waals surface area contributed by atoms with Crippen LogP contribution in [0.25, 0.3) is 0 Å². The summed E-state index contributed by atoms with van der Waals surface area (Å²) in [6.07, 6.45) is 3.99. The van der Waals surface area contributed by atoms with Crippen LogP contribution < -0.4 is 5.32 Å². The van der Waals surface area contributed by atoms with E-state index in [1.165, 1.54) is 5.56 Å². The van der Waals surface area contributed by atoms with E-state index < -0.39 is 0 Å². The Bertz CT molecular complexity index is 504. The summed E-state index contributed by atoms with van der Waals surface area (Å²) in [6, 6.07) is 11.1. The van der Waals surface area contributed by atoms with Gasteiger partial charge < -0.3 is 5.32 Å². The van der Waals surface area contributed by atoms with E-state index in [4.69, 9.17) is 0 Å². The Morgan fingerprint density at radius 2 is 1.95 bits per heavy atom. The molecule has 1 unspecified atom stereocenters. The van der Waals surface area contributed by atoms with Gasteiger partial charge in [-0.3, -0.25) is 4.68 Å². The number of benzene rings is 1. The van der Waals surface area contributed by atoms with Gasteiger partial charge in [0.1, 0.15) is 0 Å². The second-order valence-electron chi connectivity index (χ2n) is 4.77. The van der Waals surface area contributed by atoms with Crippen LogP contribution in [0, 0.1) is 0 Å². The fourth-order valence-corrected chi connectivity index (χ4v) is 2.50. The van der Waals surface area contributed by atoms with Crippen LogP contribution in [-0.4, -0.2) is 22.4 Å². The van der Waals surface area contributed by atoms with Gasteiger partial charge in [-0.1, -0.05) is 35.0 Å². The van der Waals surface area contributed by atoms with Crippen molar-refractivity contribution in [1.82, 2.24) is 15.1 Å². The molecule has 2 aromatic rings. The fraction of sp³-hybridized carbons (Fsp3) is 0.400. The van der Waals surface area contributed by atoms with Crippen LogP contribution in [0.1, 0.15) is 18.2 Å². The number of rotatable bonds is 6. The number of aromatic nitrogens is 2. The minimum Gasteiger partial charge on any atom is -0.314 e. The van der Waals surface area contributed by atoms with Crippen molar-refractivity contribution in [3.63, 3.8) is 0 Å². The lowest BCUT2D eigenvalue weighted by molar-refractivity contribution is 0.513. The highest BCUT2D eigenvalue weighted by Gasteiger charge is 2.11. The second-order valence-corrected chi connectivity index (χ2v) is 5.69. The zero-order valence-electron chi connectivity index (χ0n) is 11.4. The molecule has 1 aromatic heterocycles. The summed E-state index contributed by atoms with van der Waals surface area (Å²) in [6.45, 7) is 3.13. The van der Waals surface area contributed by atoms with Gasteiger partial charge in [-0.25, -0.2) is 0 Å². The lowest BCUT2D eigenvalue weighted by Gasteiger charge is -2.17. The molecule has 0 spiro atoms. The number of hydrogen-bond donors (Lipinski definition) is 1. The summed E-state index contributed by atoms with van der Waals surface area (Å²) in [7, 11) is 1.96. The molecule has 3 nitrogen and oxygen atoms in total. The summed E-state index contributed by atoms with van der Waals surface area (Å²) >= 11 is 3.47. The van der Waals surface area contributed by atoms with Crippen LogP contribution in [0.5, 0.6) is 0 Å². The van der Waals surface area contributed by atoms with E-state index in [2.05, 4.69) is 63.6 Å². The first-order valence-electron chi connectivity index (χ1n) is 6.63. The molecule has 0 aliphatic carbocycles. The van der Waals surface area contributed by atoms with Crippen LogP contribution in [0.15, 0.2) is 41.0 Å². The van der Waals surface area contributed by atoms with Gasteiger partial charge in [-0.05, 0) is 36.7 Å². The largest absolute Gasteiger partial charge is 0.314 e. The van der Waals surface area contributed by atoms with Crippen LogP contribution in [0.3, 0.4) is 0 Å². The third-order valence-corrected chi connectivity index (χ3v) is 3.64. The first-order valence-corrected chi connectivity index (χ1v) is 7.43. The molecule has 1 heterocycles. The van der Waals surface area contributed by atoms with E-state index in [0.717, 1.165) is 29.6 Å². The van der Waals surface area contributed by atoms with Gasteiger partial charge in [0.15, 0.2) is 0 Å². The summed E-state index contributed by atoms with van der Waals surface area (Å²) in [5.74, 6) is 0. The van der Waals surface area contributed by atoms with Crippen LogP contribution >= 0.6 is 15.9 Å². The van der Waals surface area contributed by atoms with Crippen molar-refractivity contribution in [3.8, 4) is 0 Å². The first kappa shape index (κ1) is 14.3. The van der Waals surface area contributed by atoms with E-state index in [-0.39, 0.29) is 0 Å². The molecule has 0 fully saturated rings. The highest BCUT2D eigenvalue weighted by Crippen LogP contribution is 2.13. The van der Waals surface area contributed by atoms with Crippen LogP contribution in [-0.2, 0) is 19.9 Å². The molecule has 0 saturated heterocycles. The SMILES string of the molecule is CCNC(Cc1ccc(Br)cc1)Cc1ccn(C)n1. The van der Waals surface area contributed by atoms with Crippen molar-refractivity contribution in [2.24, 2.45) is 7.05 Å². The molecule has 4 heteroatoms. The third-order valence-electron chi connectivity index (χ3n) is 3.11. The molecule has 1 atom stereocenters. The summed E-state index contributed by atoms with van der Waals surface area (Å²) in [5, 5.41) is 8.00. The van der Waals surface area contributed by atoms with E-state index in [1.807, 2.05) is 17.9 Å². The highest BCUT2D eigenvalue weighted by molar-refractivity contribution is 9.10. The zero-order chi connectivity index (χ0) is 13.7. The predicted octanol–water partition coefficient (Wildman–Crippen LogP) is 2.95. The van der Waals surface area contributed by atoms with Gasteiger partial charge in [-0.2, -0.15) is 5.10 Å². The first-order chi connectivity index (χ1) is 9.17. The van der Waals surface area contributed by atoms with Crippen molar-refractivity contribution < 1.29 is 0 Å². The maximum Gasteiger partial charge on any atom is 0.0640 e. The lowest BCUT2D eigenvalue weighted by Crippen LogP contribution is -2.33. The minimum absolute atomic E-state index is 0.432.